The average Bonchev–Trinajstić information content (AvgIpc) is 2.82. The Hall–Kier alpha value is -2.12. The summed E-state index contributed by atoms with van der Waals surface area (Å²) in [5, 5.41) is 15.1. The van der Waals surface area contributed by atoms with Gasteiger partial charge in [0.05, 0.1) is 0 Å². The molecule has 0 spiro atoms. The fourth-order valence-corrected chi connectivity index (χ4v) is 2.02. The molecule has 0 aliphatic heterocycles. The van der Waals surface area contributed by atoms with Gasteiger partial charge in [-0.05, 0) is 17.7 Å². The van der Waals surface area contributed by atoms with Gasteiger partial charge in [0.2, 0.25) is 5.71 Å². The molecule has 8 heteroatoms. The number of nitrogen functional groups attached to an aromatic ring is 1. The lowest BCUT2D eigenvalue weighted by molar-refractivity contribution is -0.129. The summed E-state index contributed by atoms with van der Waals surface area (Å²) in [6.07, 6.45) is 0. The molecule has 0 atom stereocenters. The van der Waals surface area contributed by atoms with Crippen molar-refractivity contribution in [1.82, 2.24) is 4.98 Å². The van der Waals surface area contributed by atoms with Crippen LogP contribution in [0.3, 0.4) is 0 Å². The molecule has 0 saturated carbocycles. The number of oxime groups is 1. The predicted molar refractivity (Wildman–Crippen MR) is 76.9 cm³/mol. The fraction of sp³-hybridized carbons (Fsp3) is 0.0833. The number of benzene rings is 1. The number of aliphatic carboxylic acids is 1. The van der Waals surface area contributed by atoms with Gasteiger partial charge in [-0.25, -0.2) is 9.78 Å². The number of anilines is 1. The van der Waals surface area contributed by atoms with E-state index in [0.717, 1.165) is 16.9 Å². The third-order valence-electron chi connectivity index (χ3n) is 2.27. The summed E-state index contributed by atoms with van der Waals surface area (Å²) in [6.45, 7) is 0.133. The standard InChI is InChI=1S/C12H10ClN3O3S/c13-8-3-1-7(2-4-8)5-19-16-10(11(17)18)9-6-20-12(14)15-9/h1-4,6H,5H2,(H2,14,15)(H,17,18). The number of rotatable bonds is 5. The fourth-order valence-electron chi connectivity index (χ4n) is 1.34. The topological polar surface area (TPSA) is 97.8 Å². The van der Waals surface area contributed by atoms with E-state index in [9.17, 15) is 4.79 Å². The molecular formula is C12H10ClN3O3S. The Morgan fingerprint density at radius 2 is 2.15 bits per heavy atom. The Bertz CT molecular complexity index is 640. The minimum absolute atomic E-state index is 0.133. The molecule has 0 saturated heterocycles. The molecule has 0 radical (unpaired) electrons. The van der Waals surface area contributed by atoms with Gasteiger partial charge in [-0.15, -0.1) is 11.3 Å². The summed E-state index contributed by atoms with van der Waals surface area (Å²) in [7, 11) is 0. The van der Waals surface area contributed by atoms with Crippen molar-refractivity contribution in [2.45, 2.75) is 6.61 Å². The third kappa shape index (κ3) is 3.69. The van der Waals surface area contributed by atoms with E-state index in [1.54, 1.807) is 24.3 Å². The molecule has 104 valence electrons. The number of aromatic nitrogens is 1. The second-order valence-electron chi connectivity index (χ2n) is 3.72. The highest BCUT2D eigenvalue weighted by Crippen LogP contribution is 2.13. The molecule has 2 aromatic rings. The van der Waals surface area contributed by atoms with E-state index >= 15 is 0 Å². The summed E-state index contributed by atoms with van der Waals surface area (Å²) in [5.41, 5.74) is 6.17. The number of carboxylic acid groups (broad SMARTS) is 1. The van der Waals surface area contributed by atoms with Crippen molar-refractivity contribution in [2.75, 3.05) is 5.73 Å². The van der Waals surface area contributed by atoms with Gasteiger partial charge in [0.1, 0.15) is 12.3 Å². The summed E-state index contributed by atoms with van der Waals surface area (Å²) < 4.78 is 0. The van der Waals surface area contributed by atoms with Crippen LogP contribution in [0.15, 0.2) is 34.8 Å². The first-order chi connectivity index (χ1) is 9.56. The first kappa shape index (κ1) is 14.3. The van der Waals surface area contributed by atoms with Crippen LogP contribution in [-0.4, -0.2) is 21.8 Å². The molecule has 0 aliphatic carbocycles. The molecule has 1 aromatic carbocycles. The molecule has 20 heavy (non-hydrogen) atoms. The van der Waals surface area contributed by atoms with Crippen molar-refractivity contribution in [3.63, 3.8) is 0 Å². The number of nitrogens with two attached hydrogens (primary N) is 1. The molecule has 0 fully saturated rings. The van der Waals surface area contributed by atoms with Crippen LogP contribution in [0.4, 0.5) is 5.13 Å². The van der Waals surface area contributed by atoms with Crippen LogP contribution in [0.2, 0.25) is 5.02 Å². The lowest BCUT2D eigenvalue weighted by Gasteiger charge is -2.01. The second kappa shape index (κ2) is 6.36. The monoisotopic (exact) mass is 311 g/mol. The van der Waals surface area contributed by atoms with Crippen LogP contribution < -0.4 is 5.73 Å². The van der Waals surface area contributed by atoms with Crippen LogP contribution in [0.25, 0.3) is 0 Å². The lowest BCUT2D eigenvalue weighted by Crippen LogP contribution is -2.15. The molecule has 0 unspecified atom stereocenters. The molecule has 0 amide bonds. The third-order valence-corrected chi connectivity index (χ3v) is 3.19. The molecule has 0 aliphatic rings. The summed E-state index contributed by atoms with van der Waals surface area (Å²) >= 11 is 6.89. The normalized spacial score (nSPS) is 11.3. The number of halogens is 1. The van der Waals surface area contributed by atoms with Gasteiger partial charge in [-0.3, -0.25) is 0 Å². The largest absolute Gasteiger partial charge is 0.476 e. The van der Waals surface area contributed by atoms with Gasteiger partial charge >= 0.3 is 5.97 Å². The number of carboxylic acids is 1. The molecule has 1 aromatic heterocycles. The van der Waals surface area contributed by atoms with Crippen molar-refractivity contribution in [2.24, 2.45) is 5.16 Å². The van der Waals surface area contributed by atoms with Crippen molar-refractivity contribution < 1.29 is 14.7 Å². The van der Waals surface area contributed by atoms with Crippen molar-refractivity contribution in [3.05, 3.63) is 45.9 Å². The maximum atomic E-state index is 11.1. The van der Waals surface area contributed by atoms with Crippen LogP contribution in [-0.2, 0) is 16.2 Å². The highest BCUT2D eigenvalue weighted by atomic mass is 35.5. The van der Waals surface area contributed by atoms with Gasteiger partial charge < -0.3 is 15.7 Å². The average molecular weight is 312 g/mol. The van der Waals surface area contributed by atoms with E-state index in [1.807, 2.05) is 0 Å². The Labute approximate surface area is 123 Å². The van der Waals surface area contributed by atoms with Gasteiger partial charge in [0.25, 0.3) is 0 Å². The number of thiazole rings is 1. The quantitative estimate of drug-likeness (QED) is 0.652. The van der Waals surface area contributed by atoms with Gasteiger partial charge in [-0.1, -0.05) is 28.9 Å². The minimum Gasteiger partial charge on any atom is -0.476 e. The molecule has 6 nitrogen and oxygen atoms in total. The second-order valence-corrected chi connectivity index (χ2v) is 5.04. The van der Waals surface area contributed by atoms with Gasteiger partial charge in [0, 0.05) is 10.4 Å². The SMILES string of the molecule is Nc1nc(C(=NOCc2ccc(Cl)cc2)C(=O)O)cs1. The van der Waals surface area contributed by atoms with E-state index in [4.69, 9.17) is 27.3 Å². The number of hydrogen-bond donors (Lipinski definition) is 2. The van der Waals surface area contributed by atoms with Crippen LogP contribution in [0.1, 0.15) is 11.3 Å². The van der Waals surface area contributed by atoms with E-state index in [-0.39, 0.29) is 23.1 Å². The molecule has 3 N–H and O–H groups in total. The predicted octanol–water partition coefficient (Wildman–Crippen LogP) is 2.38. The molecule has 1 heterocycles. The maximum Gasteiger partial charge on any atom is 0.360 e. The van der Waals surface area contributed by atoms with Crippen molar-refractivity contribution in [3.8, 4) is 0 Å². The summed E-state index contributed by atoms with van der Waals surface area (Å²) in [4.78, 5) is 20.0. The number of hydrogen-bond acceptors (Lipinski definition) is 6. The van der Waals surface area contributed by atoms with Crippen molar-refractivity contribution >= 4 is 39.8 Å². The van der Waals surface area contributed by atoms with Crippen LogP contribution >= 0.6 is 22.9 Å². The summed E-state index contributed by atoms with van der Waals surface area (Å²) in [5.74, 6) is -1.23. The zero-order valence-corrected chi connectivity index (χ0v) is 11.7. The van der Waals surface area contributed by atoms with Gasteiger partial charge in [-0.2, -0.15) is 0 Å². The van der Waals surface area contributed by atoms with Gasteiger partial charge in [0.15, 0.2) is 5.13 Å². The van der Waals surface area contributed by atoms with E-state index in [0.29, 0.717) is 5.02 Å². The number of nitrogens with zero attached hydrogens (tertiary/aromatic N) is 2. The van der Waals surface area contributed by atoms with E-state index < -0.39 is 5.97 Å². The highest BCUT2D eigenvalue weighted by Gasteiger charge is 2.16. The highest BCUT2D eigenvalue weighted by molar-refractivity contribution is 7.13. The smallest absolute Gasteiger partial charge is 0.360 e. The Morgan fingerprint density at radius 3 is 2.70 bits per heavy atom. The number of carbonyl (C=O) groups is 1. The van der Waals surface area contributed by atoms with Crippen LogP contribution in [0.5, 0.6) is 0 Å². The lowest BCUT2D eigenvalue weighted by atomic mass is 10.2. The Morgan fingerprint density at radius 1 is 1.45 bits per heavy atom. The summed E-state index contributed by atoms with van der Waals surface area (Å²) in [6, 6.07) is 6.95. The first-order valence-electron chi connectivity index (χ1n) is 5.45. The first-order valence-corrected chi connectivity index (χ1v) is 6.71. The Kier molecular flexibility index (Phi) is 4.54. The van der Waals surface area contributed by atoms with E-state index in [1.165, 1.54) is 5.38 Å². The maximum absolute atomic E-state index is 11.1. The molecule has 2 rings (SSSR count). The molecule has 0 bridgehead atoms. The zero-order chi connectivity index (χ0) is 14.5. The van der Waals surface area contributed by atoms with Crippen LogP contribution in [0, 0.1) is 0 Å². The minimum atomic E-state index is -1.23. The van der Waals surface area contributed by atoms with E-state index in [2.05, 4.69) is 10.1 Å². The van der Waals surface area contributed by atoms with Crippen molar-refractivity contribution in [1.29, 1.82) is 0 Å². The molecular weight excluding hydrogens is 302 g/mol. The zero-order valence-electron chi connectivity index (χ0n) is 10.1. The Balaban J connectivity index is 2.07.